The van der Waals surface area contributed by atoms with Crippen LogP contribution < -0.4 is 9.47 Å². The van der Waals surface area contributed by atoms with Crippen molar-refractivity contribution in [1.82, 2.24) is 15.0 Å². The Morgan fingerprint density at radius 2 is 2.03 bits per heavy atom. The molecule has 0 N–H and O–H groups in total. The molecule has 30 heavy (non-hydrogen) atoms. The second-order valence-electron chi connectivity index (χ2n) is 7.36. The average molecular weight is 407 g/mol. The molecule has 0 bridgehead atoms. The monoisotopic (exact) mass is 407 g/mol. The molecule has 0 radical (unpaired) electrons. The Bertz CT molecular complexity index is 1020. The number of aromatic nitrogens is 2. The topological polar surface area (TPSA) is 77.7 Å². The van der Waals surface area contributed by atoms with Gasteiger partial charge in [0.1, 0.15) is 11.5 Å². The van der Waals surface area contributed by atoms with Crippen molar-refractivity contribution in [3.63, 3.8) is 0 Å². The van der Waals surface area contributed by atoms with Crippen LogP contribution in [0.2, 0.25) is 0 Å². The molecule has 156 valence electrons. The minimum absolute atomic E-state index is 0.0345. The molecule has 0 saturated carbocycles. The van der Waals surface area contributed by atoms with Crippen LogP contribution in [0.3, 0.4) is 0 Å². The van der Waals surface area contributed by atoms with Crippen molar-refractivity contribution in [1.29, 1.82) is 0 Å². The van der Waals surface area contributed by atoms with Gasteiger partial charge in [-0.15, -0.1) is 0 Å². The number of amides is 1. The molecule has 4 rings (SSSR count). The SMILES string of the molecule is COc1cccc(-c2noc(C3CCCN(C(=O)Cc4ccccc4OC)C3)n2)c1. The van der Waals surface area contributed by atoms with Gasteiger partial charge in [0.25, 0.3) is 0 Å². The lowest BCUT2D eigenvalue weighted by Crippen LogP contribution is -2.40. The van der Waals surface area contributed by atoms with Gasteiger partial charge >= 0.3 is 0 Å². The van der Waals surface area contributed by atoms with E-state index in [9.17, 15) is 4.79 Å². The number of nitrogens with zero attached hydrogens (tertiary/aromatic N) is 3. The van der Waals surface area contributed by atoms with Crippen LogP contribution in [0.1, 0.15) is 30.2 Å². The first-order valence-electron chi connectivity index (χ1n) is 10.1. The molecule has 1 amide bonds. The summed E-state index contributed by atoms with van der Waals surface area (Å²) in [4.78, 5) is 19.4. The van der Waals surface area contributed by atoms with Crippen LogP contribution in [0, 0.1) is 0 Å². The van der Waals surface area contributed by atoms with Crippen LogP contribution in [0.15, 0.2) is 53.1 Å². The van der Waals surface area contributed by atoms with Crippen LogP contribution in [-0.4, -0.2) is 48.3 Å². The van der Waals surface area contributed by atoms with Gasteiger partial charge in [-0.2, -0.15) is 4.98 Å². The fraction of sp³-hybridized carbons (Fsp3) is 0.348. The number of ether oxygens (including phenoxy) is 2. The third-order valence-corrected chi connectivity index (χ3v) is 5.43. The van der Waals surface area contributed by atoms with Crippen molar-refractivity contribution in [3.8, 4) is 22.9 Å². The van der Waals surface area contributed by atoms with E-state index in [2.05, 4.69) is 10.1 Å². The van der Waals surface area contributed by atoms with Gasteiger partial charge in [0.05, 0.1) is 26.6 Å². The lowest BCUT2D eigenvalue weighted by atomic mass is 9.97. The van der Waals surface area contributed by atoms with Crippen molar-refractivity contribution in [2.24, 2.45) is 0 Å². The Morgan fingerprint density at radius 1 is 1.17 bits per heavy atom. The summed E-state index contributed by atoms with van der Waals surface area (Å²) in [7, 11) is 3.25. The molecule has 1 aliphatic heterocycles. The van der Waals surface area contributed by atoms with Crippen LogP contribution in [0.25, 0.3) is 11.4 Å². The normalized spacial score (nSPS) is 16.3. The summed E-state index contributed by atoms with van der Waals surface area (Å²) < 4.78 is 16.2. The fourth-order valence-electron chi connectivity index (χ4n) is 3.81. The smallest absolute Gasteiger partial charge is 0.231 e. The Labute approximate surface area is 175 Å². The van der Waals surface area contributed by atoms with Gasteiger partial charge < -0.3 is 18.9 Å². The number of para-hydroxylation sites is 1. The quantitative estimate of drug-likeness (QED) is 0.620. The molecule has 3 aromatic rings. The molecule has 1 atom stereocenters. The number of carbonyl (C=O) groups excluding carboxylic acids is 1. The number of likely N-dealkylation sites (tertiary alicyclic amines) is 1. The van der Waals surface area contributed by atoms with Gasteiger partial charge in [-0.1, -0.05) is 35.5 Å². The fourth-order valence-corrected chi connectivity index (χ4v) is 3.81. The van der Waals surface area contributed by atoms with Gasteiger partial charge in [-0.3, -0.25) is 4.79 Å². The Hall–Kier alpha value is -3.35. The van der Waals surface area contributed by atoms with E-state index in [-0.39, 0.29) is 11.8 Å². The Kier molecular flexibility index (Phi) is 5.97. The lowest BCUT2D eigenvalue weighted by Gasteiger charge is -2.31. The molecule has 0 spiro atoms. The van der Waals surface area contributed by atoms with E-state index < -0.39 is 0 Å². The molecule has 7 nitrogen and oxygen atoms in total. The number of hydrogen-bond donors (Lipinski definition) is 0. The summed E-state index contributed by atoms with van der Waals surface area (Å²) in [5, 5.41) is 4.14. The molecular formula is C23H25N3O4. The molecule has 7 heteroatoms. The van der Waals surface area contributed by atoms with E-state index >= 15 is 0 Å². The molecule has 1 saturated heterocycles. The minimum Gasteiger partial charge on any atom is -0.497 e. The summed E-state index contributed by atoms with van der Waals surface area (Å²) in [5.74, 6) is 2.69. The molecule has 0 aliphatic carbocycles. The van der Waals surface area contributed by atoms with Crippen molar-refractivity contribution < 1.29 is 18.8 Å². The van der Waals surface area contributed by atoms with Crippen LogP contribution >= 0.6 is 0 Å². The van der Waals surface area contributed by atoms with Gasteiger partial charge in [0, 0.05) is 24.2 Å². The summed E-state index contributed by atoms with van der Waals surface area (Å²) in [6.45, 7) is 1.31. The molecule has 1 unspecified atom stereocenters. The molecule has 2 aromatic carbocycles. The zero-order valence-electron chi connectivity index (χ0n) is 17.2. The first-order valence-corrected chi connectivity index (χ1v) is 10.1. The summed E-state index contributed by atoms with van der Waals surface area (Å²) in [6, 6.07) is 15.2. The number of benzene rings is 2. The van der Waals surface area contributed by atoms with Crippen LogP contribution in [0.5, 0.6) is 11.5 Å². The zero-order valence-corrected chi connectivity index (χ0v) is 17.2. The van der Waals surface area contributed by atoms with Crippen molar-refractivity contribution in [2.75, 3.05) is 27.3 Å². The first-order chi connectivity index (χ1) is 14.7. The summed E-state index contributed by atoms with van der Waals surface area (Å²) in [6.07, 6.45) is 2.13. The summed E-state index contributed by atoms with van der Waals surface area (Å²) >= 11 is 0. The van der Waals surface area contributed by atoms with Crippen molar-refractivity contribution in [2.45, 2.75) is 25.2 Å². The zero-order chi connectivity index (χ0) is 20.9. The molecule has 2 heterocycles. The maximum absolute atomic E-state index is 12.9. The second kappa shape index (κ2) is 8.98. The third-order valence-electron chi connectivity index (χ3n) is 5.43. The highest BCUT2D eigenvalue weighted by molar-refractivity contribution is 5.79. The average Bonchev–Trinajstić information content (AvgIpc) is 3.30. The minimum atomic E-state index is 0.0345. The van der Waals surface area contributed by atoms with E-state index in [1.165, 1.54) is 0 Å². The number of carbonyl (C=O) groups is 1. The van der Waals surface area contributed by atoms with E-state index in [1.54, 1.807) is 14.2 Å². The number of piperidine rings is 1. The second-order valence-corrected chi connectivity index (χ2v) is 7.36. The first kappa shape index (κ1) is 19.9. The van der Waals surface area contributed by atoms with Gasteiger partial charge in [-0.05, 0) is 31.0 Å². The third kappa shape index (κ3) is 4.30. The number of methoxy groups -OCH3 is 2. The van der Waals surface area contributed by atoms with Crippen LogP contribution in [-0.2, 0) is 11.2 Å². The maximum atomic E-state index is 12.9. The standard InChI is InChI=1S/C23H25N3O4/c1-28-19-10-5-8-17(13-19)22-24-23(30-25-22)18-9-6-12-26(15-18)21(27)14-16-7-3-4-11-20(16)29-2/h3-5,7-8,10-11,13,18H,6,9,12,14-15H2,1-2H3. The highest BCUT2D eigenvalue weighted by Gasteiger charge is 2.29. The van der Waals surface area contributed by atoms with E-state index in [4.69, 9.17) is 14.0 Å². The maximum Gasteiger partial charge on any atom is 0.231 e. The predicted molar refractivity (Wildman–Crippen MR) is 112 cm³/mol. The van der Waals surface area contributed by atoms with E-state index in [0.29, 0.717) is 24.7 Å². The van der Waals surface area contributed by atoms with Gasteiger partial charge in [0.2, 0.25) is 17.6 Å². The van der Waals surface area contributed by atoms with Gasteiger partial charge in [0.15, 0.2) is 0 Å². The molecule has 1 aromatic heterocycles. The van der Waals surface area contributed by atoms with E-state index in [0.717, 1.165) is 42.0 Å². The predicted octanol–water partition coefficient (Wildman–Crippen LogP) is 3.70. The van der Waals surface area contributed by atoms with E-state index in [1.807, 2.05) is 53.4 Å². The molecule has 1 aliphatic rings. The highest BCUT2D eigenvalue weighted by Crippen LogP contribution is 2.29. The van der Waals surface area contributed by atoms with Crippen molar-refractivity contribution >= 4 is 5.91 Å². The molecular weight excluding hydrogens is 382 g/mol. The summed E-state index contributed by atoms with van der Waals surface area (Å²) in [5.41, 5.74) is 1.73. The molecule has 1 fully saturated rings. The van der Waals surface area contributed by atoms with Gasteiger partial charge in [-0.25, -0.2) is 0 Å². The van der Waals surface area contributed by atoms with Crippen molar-refractivity contribution in [3.05, 3.63) is 60.0 Å². The Balaban J connectivity index is 1.45. The highest BCUT2D eigenvalue weighted by atomic mass is 16.5. The number of hydrogen-bond acceptors (Lipinski definition) is 6. The largest absolute Gasteiger partial charge is 0.497 e. The lowest BCUT2D eigenvalue weighted by molar-refractivity contribution is -0.131. The number of rotatable bonds is 6. The Morgan fingerprint density at radius 3 is 2.87 bits per heavy atom. The van der Waals surface area contributed by atoms with Crippen LogP contribution in [0.4, 0.5) is 0 Å².